The van der Waals surface area contributed by atoms with Crippen LogP contribution in [-0.2, 0) is 5.54 Å². The maximum atomic E-state index is 5.50. The fourth-order valence-electron chi connectivity index (χ4n) is 3.14. The number of hydrogen-bond acceptors (Lipinski definition) is 1. The summed E-state index contributed by atoms with van der Waals surface area (Å²) in [6.07, 6.45) is 7.56. The first-order valence-electron chi connectivity index (χ1n) is 8.04. The maximum Gasteiger partial charge on any atom is 0.249 e. The van der Waals surface area contributed by atoms with Crippen molar-refractivity contribution in [1.29, 1.82) is 0 Å². The van der Waals surface area contributed by atoms with Crippen molar-refractivity contribution < 1.29 is 9.30 Å². The van der Waals surface area contributed by atoms with Gasteiger partial charge in [0.1, 0.15) is 29.4 Å². The van der Waals surface area contributed by atoms with Crippen LogP contribution < -0.4 is 9.30 Å². The monoisotopic (exact) mass is 301 g/mol. The van der Waals surface area contributed by atoms with Gasteiger partial charge in [-0.2, -0.15) is 0 Å². The average molecular weight is 301 g/mol. The number of benzene rings is 1. The SMILES string of the molecule is CCOc1ccc(-n2cc[n+](C(C)(C)CC(C)(C)C)c2)cc1. The summed E-state index contributed by atoms with van der Waals surface area (Å²) in [4.78, 5) is 0. The quantitative estimate of drug-likeness (QED) is 0.752. The Labute approximate surface area is 134 Å². The second kappa shape index (κ2) is 6.15. The molecule has 1 aromatic heterocycles. The van der Waals surface area contributed by atoms with Crippen molar-refractivity contribution in [2.45, 2.75) is 53.5 Å². The van der Waals surface area contributed by atoms with Crippen molar-refractivity contribution in [1.82, 2.24) is 4.57 Å². The molecule has 1 heterocycles. The van der Waals surface area contributed by atoms with Crippen LogP contribution in [0, 0.1) is 5.41 Å². The van der Waals surface area contributed by atoms with Gasteiger partial charge in [-0.3, -0.25) is 0 Å². The lowest BCUT2D eigenvalue weighted by molar-refractivity contribution is -0.759. The van der Waals surface area contributed by atoms with Crippen LogP contribution in [0.3, 0.4) is 0 Å². The summed E-state index contributed by atoms with van der Waals surface area (Å²) in [7, 11) is 0. The van der Waals surface area contributed by atoms with Crippen LogP contribution in [0.15, 0.2) is 43.0 Å². The van der Waals surface area contributed by atoms with Crippen LogP contribution in [0.25, 0.3) is 5.69 Å². The average Bonchev–Trinajstić information content (AvgIpc) is 2.87. The minimum Gasteiger partial charge on any atom is -0.494 e. The van der Waals surface area contributed by atoms with Crippen LogP contribution in [0.4, 0.5) is 0 Å². The third kappa shape index (κ3) is 4.12. The smallest absolute Gasteiger partial charge is 0.249 e. The number of hydrogen-bond donors (Lipinski definition) is 0. The molecule has 0 unspecified atom stereocenters. The van der Waals surface area contributed by atoms with Gasteiger partial charge in [-0.1, -0.05) is 20.8 Å². The Kier molecular flexibility index (Phi) is 4.64. The van der Waals surface area contributed by atoms with E-state index in [4.69, 9.17) is 4.74 Å². The predicted octanol–water partition coefficient (Wildman–Crippen LogP) is 4.33. The molecule has 0 N–H and O–H groups in total. The van der Waals surface area contributed by atoms with E-state index in [1.807, 2.05) is 19.1 Å². The lowest BCUT2D eigenvalue weighted by atomic mass is 9.82. The van der Waals surface area contributed by atoms with Gasteiger partial charge in [0.15, 0.2) is 0 Å². The Hall–Kier alpha value is -1.77. The third-order valence-corrected chi connectivity index (χ3v) is 3.74. The summed E-state index contributed by atoms with van der Waals surface area (Å²) in [6, 6.07) is 8.21. The maximum absolute atomic E-state index is 5.50. The zero-order valence-electron chi connectivity index (χ0n) is 14.8. The minimum absolute atomic E-state index is 0.0920. The summed E-state index contributed by atoms with van der Waals surface area (Å²) < 4.78 is 9.95. The predicted molar refractivity (Wildman–Crippen MR) is 90.5 cm³/mol. The summed E-state index contributed by atoms with van der Waals surface area (Å²) >= 11 is 0. The molecule has 0 spiro atoms. The van der Waals surface area contributed by atoms with Gasteiger partial charge in [0, 0.05) is 0 Å². The molecular formula is C19H29N2O+. The first-order valence-corrected chi connectivity index (χ1v) is 8.04. The molecule has 2 rings (SSSR count). The molecule has 1 aromatic carbocycles. The van der Waals surface area contributed by atoms with E-state index in [1.54, 1.807) is 0 Å². The fourth-order valence-corrected chi connectivity index (χ4v) is 3.14. The van der Waals surface area contributed by atoms with Crippen LogP contribution in [0.2, 0.25) is 0 Å². The molecule has 0 atom stereocenters. The van der Waals surface area contributed by atoms with Gasteiger partial charge in [-0.25, -0.2) is 9.13 Å². The molecule has 22 heavy (non-hydrogen) atoms. The number of rotatable bonds is 5. The second-order valence-corrected chi connectivity index (χ2v) is 7.70. The van der Waals surface area contributed by atoms with Gasteiger partial charge >= 0.3 is 0 Å². The van der Waals surface area contributed by atoms with Crippen LogP contribution in [0.1, 0.15) is 48.0 Å². The van der Waals surface area contributed by atoms with E-state index >= 15 is 0 Å². The van der Waals surface area contributed by atoms with Gasteiger partial charge in [-0.15, -0.1) is 0 Å². The summed E-state index contributed by atoms with van der Waals surface area (Å²) in [5, 5.41) is 0. The van der Waals surface area contributed by atoms with E-state index < -0.39 is 0 Å². The Balaban J connectivity index is 2.20. The number of aromatic nitrogens is 2. The van der Waals surface area contributed by atoms with E-state index in [9.17, 15) is 0 Å². The van der Waals surface area contributed by atoms with Crippen molar-refractivity contribution in [2.75, 3.05) is 6.61 Å². The van der Waals surface area contributed by atoms with Crippen molar-refractivity contribution in [3.05, 3.63) is 43.0 Å². The van der Waals surface area contributed by atoms with E-state index in [-0.39, 0.29) is 5.54 Å². The Morgan fingerprint density at radius 2 is 1.68 bits per heavy atom. The van der Waals surface area contributed by atoms with Crippen LogP contribution in [0.5, 0.6) is 5.75 Å². The molecule has 0 saturated heterocycles. The molecule has 0 radical (unpaired) electrons. The van der Waals surface area contributed by atoms with Gasteiger partial charge in [0.25, 0.3) is 0 Å². The largest absolute Gasteiger partial charge is 0.494 e. The summed E-state index contributed by atoms with van der Waals surface area (Å²) in [5.74, 6) is 0.916. The number of nitrogens with zero attached hydrogens (tertiary/aromatic N) is 2. The summed E-state index contributed by atoms with van der Waals surface area (Å²) in [6.45, 7) is 14.2. The minimum atomic E-state index is 0.0920. The molecule has 3 nitrogen and oxygen atoms in total. The second-order valence-electron chi connectivity index (χ2n) is 7.70. The Morgan fingerprint density at radius 3 is 2.23 bits per heavy atom. The van der Waals surface area contributed by atoms with E-state index in [2.05, 4.69) is 74.6 Å². The highest BCUT2D eigenvalue weighted by molar-refractivity contribution is 5.36. The lowest BCUT2D eigenvalue weighted by Crippen LogP contribution is -2.52. The standard InChI is InChI=1S/C19H29N2O/c1-7-22-17-10-8-16(9-11-17)20-12-13-21(15-20)19(5,6)14-18(2,3)4/h8-13,15H,7,14H2,1-6H3/q+1. The van der Waals surface area contributed by atoms with Gasteiger partial charge in [0.05, 0.1) is 6.61 Å². The van der Waals surface area contributed by atoms with Crippen molar-refractivity contribution in [2.24, 2.45) is 5.41 Å². The van der Waals surface area contributed by atoms with Gasteiger partial charge in [0.2, 0.25) is 6.33 Å². The highest BCUT2D eigenvalue weighted by Gasteiger charge is 2.31. The first-order chi connectivity index (χ1) is 10.2. The molecule has 0 bridgehead atoms. The lowest BCUT2D eigenvalue weighted by Gasteiger charge is -2.29. The molecule has 3 heteroatoms. The molecule has 120 valence electrons. The van der Waals surface area contributed by atoms with Gasteiger partial charge < -0.3 is 4.74 Å². The first kappa shape index (κ1) is 16.6. The highest BCUT2D eigenvalue weighted by atomic mass is 16.5. The molecule has 0 aliphatic carbocycles. The van der Waals surface area contributed by atoms with Gasteiger partial charge in [-0.05, 0) is 56.9 Å². The van der Waals surface area contributed by atoms with E-state index in [1.165, 1.54) is 0 Å². The molecule has 0 aliphatic rings. The third-order valence-electron chi connectivity index (χ3n) is 3.74. The molecular weight excluding hydrogens is 272 g/mol. The topological polar surface area (TPSA) is 18.0 Å². The Bertz CT molecular complexity index is 603. The Morgan fingerprint density at radius 1 is 1.05 bits per heavy atom. The summed E-state index contributed by atoms with van der Waals surface area (Å²) in [5.41, 5.74) is 1.54. The molecule has 0 saturated carbocycles. The number of ether oxygens (including phenoxy) is 1. The van der Waals surface area contributed by atoms with Crippen LogP contribution in [-0.4, -0.2) is 11.2 Å². The van der Waals surface area contributed by atoms with Crippen molar-refractivity contribution in [3.63, 3.8) is 0 Å². The van der Waals surface area contributed by atoms with E-state index in [0.717, 1.165) is 17.9 Å². The van der Waals surface area contributed by atoms with Crippen LogP contribution >= 0.6 is 0 Å². The molecule has 2 aromatic rings. The zero-order chi connectivity index (χ0) is 16.4. The fraction of sp³-hybridized carbons (Fsp3) is 0.526. The zero-order valence-corrected chi connectivity index (χ0v) is 14.8. The normalized spacial score (nSPS) is 12.5. The van der Waals surface area contributed by atoms with E-state index in [0.29, 0.717) is 12.0 Å². The molecule has 0 fully saturated rings. The number of imidazole rings is 1. The molecule has 0 amide bonds. The van der Waals surface area contributed by atoms with Crippen molar-refractivity contribution >= 4 is 0 Å². The molecule has 0 aliphatic heterocycles. The van der Waals surface area contributed by atoms with Crippen molar-refractivity contribution in [3.8, 4) is 11.4 Å². The highest BCUT2D eigenvalue weighted by Crippen LogP contribution is 2.28.